The van der Waals surface area contributed by atoms with E-state index in [1.807, 2.05) is 73.7 Å². The van der Waals surface area contributed by atoms with Gasteiger partial charge >= 0.3 is 0 Å². The Labute approximate surface area is 196 Å². The zero-order chi connectivity index (χ0) is 23.5. The van der Waals surface area contributed by atoms with E-state index >= 15 is 0 Å². The van der Waals surface area contributed by atoms with Crippen LogP contribution in [0.2, 0.25) is 5.02 Å². The maximum atomic E-state index is 12.9. The molecule has 168 valence electrons. The van der Waals surface area contributed by atoms with E-state index in [-0.39, 0.29) is 22.2 Å². The molecule has 4 rings (SSSR count). The van der Waals surface area contributed by atoms with Crippen LogP contribution in [0.15, 0.2) is 72.9 Å². The molecule has 1 unspecified atom stereocenters. The molecule has 1 heterocycles. The lowest BCUT2D eigenvalue weighted by molar-refractivity contribution is -0.384. The summed E-state index contributed by atoms with van der Waals surface area (Å²) in [7, 11) is 3.96. The second-order valence-corrected chi connectivity index (χ2v) is 8.37. The number of carbonyl (C=O) groups is 1. The predicted molar refractivity (Wildman–Crippen MR) is 131 cm³/mol. The molecule has 1 aromatic heterocycles. The molecule has 0 radical (unpaired) electrons. The third-order valence-electron chi connectivity index (χ3n) is 5.68. The fraction of sp³-hybridized carbons (Fsp3) is 0.160. The van der Waals surface area contributed by atoms with Crippen molar-refractivity contribution >= 4 is 39.8 Å². The van der Waals surface area contributed by atoms with E-state index in [4.69, 9.17) is 11.6 Å². The van der Waals surface area contributed by atoms with Crippen LogP contribution in [0.25, 0.3) is 10.9 Å². The predicted octanol–water partition coefficient (Wildman–Crippen LogP) is 5.36. The summed E-state index contributed by atoms with van der Waals surface area (Å²) in [6.45, 7) is 0.293. The number of nitro benzene ring substituents is 1. The summed E-state index contributed by atoms with van der Waals surface area (Å²) in [5.74, 6) is -0.600. The van der Waals surface area contributed by atoms with E-state index in [1.54, 1.807) is 0 Å². The molecule has 2 N–H and O–H groups in total. The summed E-state index contributed by atoms with van der Waals surface area (Å²) >= 11 is 6.16. The molecule has 0 saturated carbocycles. The van der Waals surface area contributed by atoms with E-state index < -0.39 is 10.8 Å². The van der Waals surface area contributed by atoms with E-state index in [9.17, 15) is 14.9 Å². The average molecular weight is 463 g/mol. The number of nitrogens with one attached hydrogen (secondary N) is 2. The van der Waals surface area contributed by atoms with Crippen molar-refractivity contribution in [2.24, 2.45) is 0 Å². The molecule has 4 aromatic rings. The van der Waals surface area contributed by atoms with Crippen molar-refractivity contribution in [3.8, 4) is 0 Å². The minimum Gasteiger partial charge on any atom is -0.378 e. The number of aromatic nitrogens is 1. The molecular formula is C25H23ClN4O3. The number of aromatic amines is 1. The van der Waals surface area contributed by atoms with Gasteiger partial charge in [0.05, 0.1) is 15.5 Å². The lowest BCUT2D eigenvalue weighted by Gasteiger charge is -2.20. The number of carbonyl (C=O) groups excluding carboxylic acids is 1. The van der Waals surface area contributed by atoms with Gasteiger partial charge in [0.1, 0.15) is 0 Å². The van der Waals surface area contributed by atoms with Crippen molar-refractivity contribution in [1.82, 2.24) is 10.3 Å². The van der Waals surface area contributed by atoms with Gasteiger partial charge < -0.3 is 15.2 Å². The fourth-order valence-electron chi connectivity index (χ4n) is 3.89. The molecule has 33 heavy (non-hydrogen) atoms. The largest absolute Gasteiger partial charge is 0.378 e. The summed E-state index contributed by atoms with van der Waals surface area (Å²) < 4.78 is 0. The van der Waals surface area contributed by atoms with Crippen LogP contribution < -0.4 is 10.2 Å². The standard InChI is InChI=1S/C25H23ClN4O3/c1-29(2)17-9-7-16(8-10-17)21(22-15-27-24-6-4-3-5-19(22)24)14-28-25(31)20-13-18(30(32)33)11-12-23(20)26/h3-13,15,21,27H,14H2,1-2H3,(H,28,31). The van der Waals surface area contributed by atoms with Crippen LogP contribution in [-0.4, -0.2) is 36.5 Å². The Hall–Kier alpha value is -3.84. The maximum absolute atomic E-state index is 12.9. The molecule has 0 aliphatic carbocycles. The molecule has 1 atom stereocenters. The van der Waals surface area contributed by atoms with Crippen molar-refractivity contribution in [3.05, 3.63) is 105 Å². The summed E-state index contributed by atoms with van der Waals surface area (Å²) in [5, 5.41) is 15.3. The van der Waals surface area contributed by atoms with Gasteiger partial charge in [-0.1, -0.05) is 41.9 Å². The molecule has 0 aliphatic heterocycles. The fourth-order valence-corrected chi connectivity index (χ4v) is 4.09. The zero-order valence-electron chi connectivity index (χ0n) is 18.2. The highest BCUT2D eigenvalue weighted by Crippen LogP contribution is 2.32. The Kier molecular flexibility index (Phi) is 6.33. The minimum absolute atomic E-state index is 0.0755. The van der Waals surface area contributed by atoms with Gasteiger partial charge in [0.2, 0.25) is 0 Å². The topological polar surface area (TPSA) is 91.3 Å². The van der Waals surface area contributed by atoms with Gasteiger partial charge in [0, 0.05) is 61.5 Å². The van der Waals surface area contributed by atoms with Gasteiger partial charge in [0.15, 0.2) is 0 Å². The van der Waals surface area contributed by atoms with Crippen LogP contribution >= 0.6 is 11.6 Å². The quantitative estimate of drug-likeness (QED) is 0.286. The summed E-state index contributed by atoms with van der Waals surface area (Å²) in [6, 6.07) is 20.0. The Balaban J connectivity index is 1.66. The Bertz CT molecular complexity index is 1310. The van der Waals surface area contributed by atoms with Crippen molar-refractivity contribution in [2.45, 2.75) is 5.92 Å². The van der Waals surface area contributed by atoms with Gasteiger partial charge in [0.25, 0.3) is 11.6 Å². The highest BCUT2D eigenvalue weighted by molar-refractivity contribution is 6.33. The molecule has 0 saturated heterocycles. The average Bonchev–Trinajstić information content (AvgIpc) is 3.23. The number of non-ortho nitro benzene ring substituents is 1. The van der Waals surface area contributed by atoms with Crippen LogP contribution in [0, 0.1) is 10.1 Å². The molecule has 1 amide bonds. The number of para-hydroxylation sites is 1. The van der Waals surface area contributed by atoms with Crippen molar-refractivity contribution in [1.29, 1.82) is 0 Å². The lowest BCUT2D eigenvalue weighted by atomic mass is 9.90. The van der Waals surface area contributed by atoms with E-state index in [2.05, 4.69) is 10.3 Å². The maximum Gasteiger partial charge on any atom is 0.270 e. The van der Waals surface area contributed by atoms with Gasteiger partial charge in [-0.15, -0.1) is 0 Å². The summed E-state index contributed by atoms with van der Waals surface area (Å²) in [6.07, 6.45) is 1.96. The molecular weight excluding hydrogens is 440 g/mol. The number of nitro groups is 1. The van der Waals surface area contributed by atoms with Crippen LogP contribution in [0.5, 0.6) is 0 Å². The monoisotopic (exact) mass is 462 g/mol. The molecule has 8 heteroatoms. The minimum atomic E-state index is -0.547. The van der Waals surface area contributed by atoms with Crippen LogP contribution in [0.4, 0.5) is 11.4 Å². The second kappa shape index (κ2) is 9.34. The molecule has 0 spiro atoms. The van der Waals surface area contributed by atoms with Crippen LogP contribution in [0.3, 0.4) is 0 Å². The third-order valence-corrected chi connectivity index (χ3v) is 6.01. The van der Waals surface area contributed by atoms with Crippen LogP contribution in [-0.2, 0) is 0 Å². The van der Waals surface area contributed by atoms with E-state index in [1.165, 1.54) is 18.2 Å². The molecule has 3 aromatic carbocycles. The number of fused-ring (bicyclic) bond motifs is 1. The van der Waals surface area contributed by atoms with Crippen molar-refractivity contribution < 1.29 is 9.72 Å². The number of hydrogen-bond donors (Lipinski definition) is 2. The number of benzene rings is 3. The molecule has 0 aliphatic rings. The van der Waals surface area contributed by atoms with Gasteiger partial charge in [-0.05, 0) is 35.4 Å². The number of halogens is 1. The lowest BCUT2D eigenvalue weighted by Crippen LogP contribution is -2.29. The van der Waals surface area contributed by atoms with E-state index in [0.717, 1.165) is 27.7 Å². The van der Waals surface area contributed by atoms with Crippen molar-refractivity contribution in [2.75, 3.05) is 25.5 Å². The zero-order valence-corrected chi connectivity index (χ0v) is 19.0. The highest BCUT2D eigenvalue weighted by atomic mass is 35.5. The molecule has 0 bridgehead atoms. The number of hydrogen-bond acceptors (Lipinski definition) is 4. The van der Waals surface area contributed by atoms with Crippen molar-refractivity contribution in [3.63, 3.8) is 0 Å². The van der Waals surface area contributed by atoms with Crippen LogP contribution in [0.1, 0.15) is 27.4 Å². The number of nitrogens with zero attached hydrogens (tertiary/aromatic N) is 2. The molecule has 7 nitrogen and oxygen atoms in total. The van der Waals surface area contributed by atoms with Gasteiger partial charge in [-0.3, -0.25) is 14.9 Å². The Morgan fingerprint density at radius 3 is 2.55 bits per heavy atom. The first-order valence-corrected chi connectivity index (χ1v) is 10.8. The second-order valence-electron chi connectivity index (χ2n) is 7.96. The number of anilines is 1. The summed E-state index contributed by atoms with van der Waals surface area (Å²) in [4.78, 5) is 28.8. The number of amides is 1. The Morgan fingerprint density at radius 2 is 1.85 bits per heavy atom. The normalized spacial score (nSPS) is 11.8. The van der Waals surface area contributed by atoms with Gasteiger partial charge in [-0.25, -0.2) is 0 Å². The smallest absolute Gasteiger partial charge is 0.270 e. The first-order valence-electron chi connectivity index (χ1n) is 10.4. The third kappa shape index (κ3) is 4.68. The number of H-pyrrole nitrogens is 1. The van der Waals surface area contributed by atoms with Gasteiger partial charge in [-0.2, -0.15) is 0 Å². The van der Waals surface area contributed by atoms with E-state index in [0.29, 0.717) is 6.54 Å². The first kappa shape index (κ1) is 22.4. The Morgan fingerprint density at radius 1 is 1.12 bits per heavy atom. The molecule has 0 fully saturated rings. The number of rotatable bonds is 7. The SMILES string of the molecule is CN(C)c1ccc(C(CNC(=O)c2cc([N+](=O)[O-])ccc2Cl)c2c[nH]c3ccccc23)cc1. The first-order chi connectivity index (χ1) is 15.8. The highest BCUT2D eigenvalue weighted by Gasteiger charge is 2.21. The summed E-state index contributed by atoms with van der Waals surface area (Å²) in [5.41, 5.74) is 4.06.